The first-order chi connectivity index (χ1) is 8.20. The van der Waals surface area contributed by atoms with Crippen molar-refractivity contribution >= 4 is 5.91 Å². The predicted molar refractivity (Wildman–Crippen MR) is 64.6 cm³/mol. The molecule has 2 saturated heterocycles. The average molecular weight is 238 g/mol. The van der Waals surface area contributed by atoms with Gasteiger partial charge in [0.25, 0.3) is 0 Å². The maximum absolute atomic E-state index is 12.2. The molecule has 4 nitrogen and oxygen atoms in total. The number of rotatable bonds is 1. The first kappa shape index (κ1) is 11.5. The number of piperidine rings is 1. The lowest BCUT2D eigenvalue weighted by Crippen LogP contribution is -2.60. The van der Waals surface area contributed by atoms with Gasteiger partial charge in [-0.3, -0.25) is 4.79 Å². The summed E-state index contributed by atoms with van der Waals surface area (Å²) in [6, 6.07) is 0. The first-order valence-electron chi connectivity index (χ1n) is 6.84. The highest BCUT2D eigenvalue weighted by Crippen LogP contribution is 2.40. The molecule has 1 aliphatic carbocycles. The normalized spacial score (nSPS) is 41.6. The second-order valence-corrected chi connectivity index (χ2v) is 5.89. The molecular weight excluding hydrogens is 216 g/mol. The minimum absolute atomic E-state index is 0.0930. The van der Waals surface area contributed by atoms with Gasteiger partial charge >= 0.3 is 0 Å². The Balaban J connectivity index is 1.64. The van der Waals surface area contributed by atoms with Gasteiger partial charge in [-0.1, -0.05) is 6.92 Å². The van der Waals surface area contributed by atoms with Crippen LogP contribution in [0.2, 0.25) is 0 Å². The lowest BCUT2D eigenvalue weighted by molar-refractivity contribution is -0.154. The van der Waals surface area contributed by atoms with Crippen LogP contribution < -0.4 is 5.32 Å². The van der Waals surface area contributed by atoms with Crippen LogP contribution in [0.25, 0.3) is 0 Å². The zero-order chi connectivity index (χ0) is 11.9. The van der Waals surface area contributed by atoms with Crippen molar-refractivity contribution in [2.75, 3.05) is 32.8 Å². The molecule has 4 heteroatoms. The first-order valence-corrected chi connectivity index (χ1v) is 6.84. The monoisotopic (exact) mass is 238 g/mol. The van der Waals surface area contributed by atoms with E-state index in [1.54, 1.807) is 0 Å². The molecule has 3 fully saturated rings. The molecule has 3 aliphatic rings. The van der Waals surface area contributed by atoms with E-state index in [1.165, 1.54) is 0 Å². The van der Waals surface area contributed by atoms with E-state index in [0.717, 1.165) is 45.4 Å². The van der Waals surface area contributed by atoms with Crippen LogP contribution in [0.5, 0.6) is 0 Å². The largest absolute Gasteiger partial charge is 0.370 e. The molecule has 0 radical (unpaired) electrons. The van der Waals surface area contributed by atoms with Gasteiger partial charge in [-0.15, -0.1) is 0 Å². The van der Waals surface area contributed by atoms with Crippen molar-refractivity contribution < 1.29 is 9.53 Å². The Bertz CT molecular complexity index is 307. The van der Waals surface area contributed by atoms with Crippen molar-refractivity contribution in [3.63, 3.8) is 0 Å². The van der Waals surface area contributed by atoms with Crippen molar-refractivity contribution in [3.05, 3.63) is 0 Å². The zero-order valence-electron chi connectivity index (χ0n) is 10.6. The molecule has 96 valence electrons. The van der Waals surface area contributed by atoms with Crippen LogP contribution in [0.15, 0.2) is 0 Å². The van der Waals surface area contributed by atoms with Crippen LogP contribution in [-0.4, -0.2) is 49.2 Å². The molecule has 0 aromatic rings. The molecule has 0 bridgehead atoms. The van der Waals surface area contributed by atoms with E-state index in [4.69, 9.17) is 4.74 Å². The van der Waals surface area contributed by atoms with Gasteiger partial charge in [0, 0.05) is 19.0 Å². The van der Waals surface area contributed by atoms with E-state index < -0.39 is 0 Å². The van der Waals surface area contributed by atoms with Crippen molar-refractivity contribution in [3.8, 4) is 0 Å². The average Bonchev–Trinajstić information content (AvgIpc) is 3.06. The standard InChI is InChI=1S/C13H22N2O2/c1-10-7-11(10)12(16)15-5-6-17-13(9-15)3-2-4-14-8-13/h10-11,14H,2-9H2,1H3/t10-,11+,13-/m1/s1. The number of carbonyl (C=O) groups is 1. The minimum atomic E-state index is -0.0930. The van der Waals surface area contributed by atoms with Gasteiger partial charge in [0.05, 0.1) is 18.8 Å². The summed E-state index contributed by atoms with van der Waals surface area (Å²) in [4.78, 5) is 14.3. The van der Waals surface area contributed by atoms with Crippen LogP contribution in [0.3, 0.4) is 0 Å². The number of hydrogen-bond donors (Lipinski definition) is 1. The maximum atomic E-state index is 12.2. The Kier molecular flexibility index (Phi) is 2.87. The Morgan fingerprint density at radius 2 is 2.35 bits per heavy atom. The number of nitrogens with zero attached hydrogens (tertiary/aromatic N) is 1. The van der Waals surface area contributed by atoms with Gasteiger partial charge in [0.2, 0.25) is 5.91 Å². The quantitative estimate of drug-likeness (QED) is 0.728. The molecule has 3 rings (SSSR count). The van der Waals surface area contributed by atoms with E-state index >= 15 is 0 Å². The Labute approximate surface area is 103 Å². The molecule has 0 unspecified atom stereocenters. The number of morpholine rings is 1. The zero-order valence-corrected chi connectivity index (χ0v) is 10.6. The molecule has 1 spiro atoms. The SMILES string of the molecule is C[C@@H]1C[C@@H]1C(=O)N1CCO[C@@]2(CCCNC2)C1. The number of amides is 1. The fourth-order valence-corrected chi connectivity index (χ4v) is 3.13. The molecule has 17 heavy (non-hydrogen) atoms. The van der Waals surface area contributed by atoms with Crippen molar-refractivity contribution in [1.82, 2.24) is 10.2 Å². The second-order valence-electron chi connectivity index (χ2n) is 5.89. The van der Waals surface area contributed by atoms with E-state index in [1.807, 2.05) is 4.90 Å². The molecular formula is C13H22N2O2. The second kappa shape index (κ2) is 4.25. The Morgan fingerprint density at radius 3 is 3.00 bits per heavy atom. The fraction of sp³-hybridized carbons (Fsp3) is 0.923. The molecule has 0 aromatic heterocycles. The Morgan fingerprint density at radius 1 is 1.53 bits per heavy atom. The van der Waals surface area contributed by atoms with Crippen LogP contribution in [0.1, 0.15) is 26.2 Å². The molecule has 2 heterocycles. The number of hydrogen-bond acceptors (Lipinski definition) is 3. The third-order valence-corrected chi connectivity index (χ3v) is 4.42. The van der Waals surface area contributed by atoms with E-state index in [0.29, 0.717) is 24.3 Å². The summed E-state index contributed by atoms with van der Waals surface area (Å²) in [5.74, 6) is 1.28. The van der Waals surface area contributed by atoms with Crippen molar-refractivity contribution in [2.24, 2.45) is 11.8 Å². The summed E-state index contributed by atoms with van der Waals surface area (Å²) in [6.07, 6.45) is 3.33. The van der Waals surface area contributed by atoms with Crippen LogP contribution in [-0.2, 0) is 9.53 Å². The van der Waals surface area contributed by atoms with Gasteiger partial charge in [0.1, 0.15) is 0 Å². The number of ether oxygens (including phenoxy) is 1. The topological polar surface area (TPSA) is 41.6 Å². The maximum Gasteiger partial charge on any atom is 0.226 e. The van der Waals surface area contributed by atoms with Gasteiger partial charge in [0.15, 0.2) is 0 Å². The van der Waals surface area contributed by atoms with Gasteiger partial charge < -0.3 is 15.0 Å². The molecule has 1 N–H and O–H groups in total. The summed E-state index contributed by atoms with van der Waals surface area (Å²) >= 11 is 0. The van der Waals surface area contributed by atoms with Crippen molar-refractivity contribution in [1.29, 1.82) is 0 Å². The number of nitrogens with one attached hydrogen (secondary N) is 1. The summed E-state index contributed by atoms with van der Waals surface area (Å²) in [6.45, 7) is 6.43. The molecule has 2 aliphatic heterocycles. The van der Waals surface area contributed by atoms with Gasteiger partial charge in [-0.25, -0.2) is 0 Å². The van der Waals surface area contributed by atoms with Crippen LogP contribution >= 0.6 is 0 Å². The highest BCUT2D eigenvalue weighted by Gasteiger charge is 2.45. The Hall–Kier alpha value is -0.610. The lowest BCUT2D eigenvalue weighted by Gasteiger charge is -2.45. The lowest BCUT2D eigenvalue weighted by atomic mass is 9.92. The van der Waals surface area contributed by atoms with E-state index in [9.17, 15) is 4.79 Å². The molecule has 1 amide bonds. The van der Waals surface area contributed by atoms with Crippen molar-refractivity contribution in [2.45, 2.75) is 31.8 Å². The highest BCUT2D eigenvalue weighted by atomic mass is 16.5. The minimum Gasteiger partial charge on any atom is -0.370 e. The molecule has 1 saturated carbocycles. The fourth-order valence-electron chi connectivity index (χ4n) is 3.13. The summed E-state index contributed by atoms with van der Waals surface area (Å²) < 4.78 is 5.96. The smallest absolute Gasteiger partial charge is 0.226 e. The third-order valence-electron chi connectivity index (χ3n) is 4.42. The van der Waals surface area contributed by atoms with E-state index in [2.05, 4.69) is 12.2 Å². The highest BCUT2D eigenvalue weighted by molar-refractivity contribution is 5.81. The summed E-state index contributed by atoms with van der Waals surface area (Å²) in [7, 11) is 0. The third kappa shape index (κ3) is 2.20. The van der Waals surface area contributed by atoms with Crippen LogP contribution in [0, 0.1) is 11.8 Å². The van der Waals surface area contributed by atoms with Gasteiger partial charge in [-0.2, -0.15) is 0 Å². The predicted octanol–water partition coefficient (Wildman–Crippen LogP) is 0.623. The van der Waals surface area contributed by atoms with Crippen LogP contribution in [0.4, 0.5) is 0 Å². The van der Waals surface area contributed by atoms with Gasteiger partial charge in [-0.05, 0) is 31.7 Å². The molecule has 0 aromatic carbocycles. The molecule has 3 atom stereocenters. The number of carbonyl (C=O) groups excluding carboxylic acids is 1. The summed E-state index contributed by atoms with van der Waals surface area (Å²) in [5.41, 5.74) is -0.0930. The van der Waals surface area contributed by atoms with E-state index in [-0.39, 0.29) is 5.60 Å². The summed E-state index contributed by atoms with van der Waals surface area (Å²) in [5, 5.41) is 3.40.